The second kappa shape index (κ2) is 7.92. The van der Waals surface area contributed by atoms with Crippen molar-refractivity contribution in [1.29, 1.82) is 0 Å². The highest BCUT2D eigenvalue weighted by molar-refractivity contribution is 7.07. The number of thiophene rings is 1. The number of carbonyl (C=O) groups is 1. The number of ether oxygens (including phenoxy) is 1. The number of hydrogen-bond acceptors (Lipinski definition) is 5. The second-order valence-corrected chi connectivity index (χ2v) is 7.25. The Kier molecular flexibility index (Phi) is 5.65. The summed E-state index contributed by atoms with van der Waals surface area (Å²) < 4.78 is 7.88. The van der Waals surface area contributed by atoms with Gasteiger partial charge >= 0.3 is 0 Å². The first-order valence-electron chi connectivity index (χ1n) is 8.13. The van der Waals surface area contributed by atoms with Gasteiger partial charge in [0.15, 0.2) is 0 Å². The monoisotopic (exact) mass is 348 g/mol. The van der Waals surface area contributed by atoms with Crippen molar-refractivity contribution in [3.63, 3.8) is 0 Å². The van der Waals surface area contributed by atoms with Crippen LogP contribution in [0.15, 0.2) is 29.2 Å². The standard InChI is InChI=1S/C17H24N4O2S/c1-19(2)17(22)12-23-11-15-8-20(7-14-3-6-24-13-14)10-16-18-4-5-21(16)9-15/h3-6,13,15H,7-12H2,1-2H3/t15-/m1/s1. The SMILES string of the molecule is CN(C)C(=O)COC[C@@H]1CN(Cc2ccsc2)Cc2nccn2C1. The van der Waals surface area contributed by atoms with Crippen LogP contribution in [0.2, 0.25) is 0 Å². The molecule has 0 aromatic carbocycles. The van der Waals surface area contributed by atoms with Gasteiger partial charge in [-0.2, -0.15) is 11.3 Å². The number of likely N-dealkylation sites (N-methyl/N-ethyl adjacent to an activating group) is 1. The highest BCUT2D eigenvalue weighted by Gasteiger charge is 2.23. The molecule has 0 N–H and O–H groups in total. The van der Waals surface area contributed by atoms with Gasteiger partial charge in [-0.1, -0.05) is 0 Å². The van der Waals surface area contributed by atoms with Crippen LogP contribution >= 0.6 is 11.3 Å². The molecule has 3 heterocycles. The molecule has 0 aliphatic carbocycles. The summed E-state index contributed by atoms with van der Waals surface area (Å²) in [5, 5.41) is 4.31. The first-order chi connectivity index (χ1) is 11.6. The molecule has 1 amide bonds. The fourth-order valence-electron chi connectivity index (χ4n) is 2.93. The normalized spacial score (nSPS) is 18.2. The van der Waals surface area contributed by atoms with Crippen molar-refractivity contribution in [2.75, 3.05) is 33.9 Å². The predicted octanol–water partition coefficient (Wildman–Crippen LogP) is 1.68. The Balaban J connectivity index is 1.62. The number of amides is 1. The van der Waals surface area contributed by atoms with E-state index in [-0.39, 0.29) is 12.5 Å². The summed E-state index contributed by atoms with van der Waals surface area (Å²) in [4.78, 5) is 20.1. The van der Waals surface area contributed by atoms with Gasteiger partial charge in [0, 0.05) is 52.0 Å². The lowest BCUT2D eigenvalue weighted by Crippen LogP contribution is -2.32. The molecule has 0 radical (unpaired) electrons. The van der Waals surface area contributed by atoms with Gasteiger partial charge in [0.25, 0.3) is 0 Å². The fourth-order valence-corrected chi connectivity index (χ4v) is 3.59. The van der Waals surface area contributed by atoms with Crippen LogP contribution in [0.3, 0.4) is 0 Å². The molecule has 1 atom stereocenters. The third kappa shape index (κ3) is 4.43. The van der Waals surface area contributed by atoms with Gasteiger partial charge in [-0.25, -0.2) is 4.98 Å². The van der Waals surface area contributed by atoms with Crippen LogP contribution in [0.25, 0.3) is 0 Å². The third-order valence-corrected chi connectivity index (χ3v) is 4.93. The maximum Gasteiger partial charge on any atom is 0.248 e. The molecule has 1 aliphatic heterocycles. The van der Waals surface area contributed by atoms with Crippen molar-refractivity contribution in [3.8, 4) is 0 Å². The maximum absolute atomic E-state index is 11.7. The van der Waals surface area contributed by atoms with Crippen LogP contribution in [0, 0.1) is 5.92 Å². The lowest BCUT2D eigenvalue weighted by molar-refractivity contribution is -0.134. The van der Waals surface area contributed by atoms with E-state index in [0.717, 1.165) is 32.0 Å². The average Bonchev–Trinajstić information content (AvgIpc) is 3.16. The third-order valence-electron chi connectivity index (χ3n) is 4.20. The quantitative estimate of drug-likeness (QED) is 0.797. The van der Waals surface area contributed by atoms with Crippen molar-refractivity contribution in [3.05, 3.63) is 40.6 Å². The van der Waals surface area contributed by atoms with Gasteiger partial charge in [0.2, 0.25) is 5.91 Å². The molecule has 6 nitrogen and oxygen atoms in total. The lowest BCUT2D eigenvalue weighted by atomic mass is 10.1. The summed E-state index contributed by atoms with van der Waals surface area (Å²) in [6.07, 6.45) is 3.89. The molecule has 7 heteroatoms. The molecule has 2 aromatic rings. The zero-order valence-corrected chi connectivity index (χ0v) is 15.0. The number of carbonyl (C=O) groups excluding carboxylic acids is 1. The Morgan fingerprint density at radius 3 is 3.08 bits per heavy atom. The van der Waals surface area contributed by atoms with Crippen LogP contribution in [0.5, 0.6) is 0 Å². The molecule has 3 rings (SSSR count). The van der Waals surface area contributed by atoms with E-state index in [9.17, 15) is 4.79 Å². The second-order valence-electron chi connectivity index (χ2n) is 6.47. The summed E-state index contributed by atoms with van der Waals surface area (Å²) in [6.45, 7) is 4.31. The number of fused-ring (bicyclic) bond motifs is 1. The van der Waals surface area contributed by atoms with Crippen molar-refractivity contribution in [2.24, 2.45) is 5.92 Å². The number of imidazole rings is 1. The largest absolute Gasteiger partial charge is 0.371 e. The van der Waals surface area contributed by atoms with E-state index in [4.69, 9.17) is 4.74 Å². The van der Waals surface area contributed by atoms with Gasteiger partial charge in [-0.3, -0.25) is 9.69 Å². The zero-order chi connectivity index (χ0) is 16.9. The number of rotatable bonds is 6. The number of nitrogens with zero attached hydrogens (tertiary/aromatic N) is 4. The molecule has 0 fully saturated rings. The molecule has 0 saturated carbocycles. The van der Waals surface area contributed by atoms with E-state index in [2.05, 4.69) is 31.3 Å². The molecular formula is C17H24N4O2S. The first kappa shape index (κ1) is 17.1. The van der Waals surface area contributed by atoms with Crippen LogP contribution in [0.1, 0.15) is 11.4 Å². The zero-order valence-electron chi connectivity index (χ0n) is 14.2. The molecular weight excluding hydrogens is 324 g/mol. The Morgan fingerprint density at radius 1 is 1.46 bits per heavy atom. The highest BCUT2D eigenvalue weighted by atomic mass is 32.1. The van der Waals surface area contributed by atoms with Crippen LogP contribution in [-0.4, -0.2) is 59.1 Å². The molecule has 0 unspecified atom stereocenters. The minimum absolute atomic E-state index is 0.00192. The number of aromatic nitrogens is 2. The smallest absolute Gasteiger partial charge is 0.248 e. The van der Waals surface area contributed by atoms with E-state index >= 15 is 0 Å². The van der Waals surface area contributed by atoms with Crippen molar-refractivity contribution < 1.29 is 9.53 Å². The maximum atomic E-state index is 11.7. The van der Waals surface area contributed by atoms with Crippen LogP contribution in [0.4, 0.5) is 0 Å². The summed E-state index contributed by atoms with van der Waals surface area (Å²) in [5.41, 5.74) is 1.34. The lowest BCUT2D eigenvalue weighted by Gasteiger charge is -2.23. The van der Waals surface area contributed by atoms with Crippen molar-refractivity contribution >= 4 is 17.2 Å². The Labute approximate surface area is 146 Å². The van der Waals surface area contributed by atoms with Crippen molar-refractivity contribution in [1.82, 2.24) is 19.4 Å². The topological polar surface area (TPSA) is 50.6 Å². The van der Waals surface area contributed by atoms with Crippen molar-refractivity contribution in [2.45, 2.75) is 19.6 Å². The molecule has 0 bridgehead atoms. The summed E-state index contributed by atoms with van der Waals surface area (Å²) in [6, 6.07) is 2.17. The Bertz CT molecular complexity index is 653. The summed E-state index contributed by atoms with van der Waals surface area (Å²) in [7, 11) is 3.50. The number of hydrogen-bond donors (Lipinski definition) is 0. The molecule has 0 saturated heterocycles. The molecule has 1 aliphatic rings. The van der Waals surface area contributed by atoms with E-state index in [1.165, 1.54) is 5.56 Å². The fraction of sp³-hybridized carbons (Fsp3) is 0.529. The van der Waals surface area contributed by atoms with Crippen LogP contribution < -0.4 is 0 Å². The summed E-state index contributed by atoms with van der Waals surface area (Å²) in [5.74, 6) is 1.44. The van der Waals surface area contributed by atoms with Crippen LogP contribution in [-0.2, 0) is 29.2 Å². The van der Waals surface area contributed by atoms with Gasteiger partial charge in [-0.05, 0) is 22.4 Å². The van der Waals surface area contributed by atoms with E-state index in [0.29, 0.717) is 12.5 Å². The average molecular weight is 348 g/mol. The first-order valence-corrected chi connectivity index (χ1v) is 9.07. The summed E-state index contributed by atoms with van der Waals surface area (Å²) >= 11 is 1.73. The van der Waals surface area contributed by atoms with Gasteiger partial charge in [0.1, 0.15) is 12.4 Å². The molecule has 130 valence electrons. The Morgan fingerprint density at radius 2 is 2.33 bits per heavy atom. The molecule has 2 aromatic heterocycles. The molecule has 24 heavy (non-hydrogen) atoms. The van der Waals surface area contributed by atoms with E-state index < -0.39 is 0 Å². The predicted molar refractivity (Wildman–Crippen MR) is 93.7 cm³/mol. The van der Waals surface area contributed by atoms with Gasteiger partial charge in [-0.15, -0.1) is 0 Å². The van der Waals surface area contributed by atoms with Gasteiger partial charge in [0.05, 0.1) is 13.2 Å². The molecule has 0 spiro atoms. The van der Waals surface area contributed by atoms with E-state index in [1.54, 1.807) is 30.3 Å². The van der Waals surface area contributed by atoms with Gasteiger partial charge < -0.3 is 14.2 Å². The highest BCUT2D eigenvalue weighted by Crippen LogP contribution is 2.19. The minimum atomic E-state index is 0.00192. The Hall–Kier alpha value is -1.70. The van der Waals surface area contributed by atoms with E-state index in [1.807, 2.05) is 12.4 Å². The minimum Gasteiger partial charge on any atom is -0.371 e.